The van der Waals surface area contributed by atoms with Crippen molar-refractivity contribution in [2.75, 3.05) is 5.32 Å². The van der Waals surface area contributed by atoms with E-state index in [1.165, 1.54) is 23.1 Å². The maximum absolute atomic E-state index is 11.2. The van der Waals surface area contributed by atoms with Gasteiger partial charge in [-0.25, -0.2) is 19.7 Å². The van der Waals surface area contributed by atoms with E-state index in [9.17, 15) is 9.90 Å². The normalized spacial score (nSPS) is 17.0. The van der Waals surface area contributed by atoms with E-state index in [1.54, 1.807) is 28.1 Å². The number of carboxylic acid groups (broad SMARTS) is 1. The summed E-state index contributed by atoms with van der Waals surface area (Å²) < 4.78 is 1.74. The first-order valence-corrected chi connectivity index (χ1v) is 8.70. The lowest BCUT2D eigenvalue weighted by atomic mass is 9.93. The van der Waals surface area contributed by atoms with Gasteiger partial charge in [0.25, 0.3) is 0 Å². The van der Waals surface area contributed by atoms with Gasteiger partial charge >= 0.3 is 5.97 Å². The number of aryl methyl sites for hydroxylation is 1. The highest BCUT2D eigenvalue weighted by atomic mass is 32.1. The Morgan fingerprint density at radius 1 is 1.50 bits per heavy atom. The summed E-state index contributed by atoms with van der Waals surface area (Å²) in [7, 11) is 0. The Bertz CT molecular complexity index is 916. The maximum atomic E-state index is 11.2. The molecule has 0 saturated heterocycles. The van der Waals surface area contributed by atoms with Gasteiger partial charge in [0.2, 0.25) is 5.95 Å². The summed E-state index contributed by atoms with van der Waals surface area (Å²) in [5.41, 5.74) is 1.75. The first-order valence-electron chi connectivity index (χ1n) is 7.89. The molecule has 0 saturated carbocycles. The molecule has 8 heteroatoms. The van der Waals surface area contributed by atoms with Crippen molar-refractivity contribution < 1.29 is 9.90 Å². The van der Waals surface area contributed by atoms with Crippen molar-refractivity contribution in [2.45, 2.75) is 32.7 Å². The summed E-state index contributed by atoms with van der Waals surface area (Å²) in [6, 6.07) is 1.46. The third-order valence-electron chi connectivity index (χ3n) is 4.24. The lowest BCUT2D eigenvalue weighted by Crippen LogP contribution is -2.10. The van der Waals surface area contributed by atoms with Gasteiger partial charge in [0.15, 0.2) is 5.69 Å². The van der Waals surface area contributed by atoms with Gasteiger partial charge in [0.1, 0.15) is 10.7 Å². The molecule has 7 nitrogen and oxygen atoms in total. The van der Waals surface area contributed by atoms with Crippen LogP contribution in [0.4, 0.5) is 5.95 Å². The molecule has 0 spiro atoms. The molecule has 24 heavy (non-hydrogen) atoms. The zero-order valence-corrected chi connectivity index (χ0v) is 14.0. The van der Waals surface area contributed by atoms with E-state index < -0.39 is 5.97 Å². The number of nitrogens with one attached hydrogen (secondary N) is 1. The van der Waals surface area contributed by atoms with E-state index in [0.717, 1.165) is 23.8 Å². The molecule has 3 aromatic heterocycles. The highest BCUT2D eigenvalue weighted by Gasteiger charge is 2.20. The highest BCUT2D eigenvalue weighted by molar-refractivity contribution is 7.11. The number of carbonyl (C=O) groups is 1. The van der Waals surface area contributed by atoms with Gasteiger partial charge in [-0.1, -0.05) is 6.92 Å². The molecule has 0 amide bonds. The number of nitrogens with zero attached hydrogens (tertiary/aromatic N) is 4. The predicted octanol–water partition coefficient (Wildman–Crippen LogP) is 2.62. The number of carboxylic acids is 1. The number of aromatic carboxylic acids is 1. The van der Waals surface area contributed by atoms with Gasteiger partial charge in [0, 0.05) is 23.3 Å². The molecule has 1 unspecified atom stereocenters. The lowest BCUT2D eigenvalue weighted by Gasteiger charge is -2.15. The molecule has 1 aliphatic rings. The van der Waals surface area contributed by atoms with Gasteiger partial charge < -0.3 is 10.4 Å². The average molecular weight is 343 g/mol. The van der Waals surface area contributed by atoms with Crippen LogP contribution in [0, 0.1) is 5.92 Å². The fraction of sp³-hybridized carbons (Fsp3) is 0.375. The van der Waals surface area contributed by atoms with E-state index in [0.29, 0.717) is 18.1 Å². The second kappa shape index (κ2) is 5.86. The van der Waals surface area contributed by atoms with Crippen molar-refractivity contribution in [1.82, 2.24) is 19.4 Å². The van der Waals surface area contributed by atoms with E-state index in [1.807, 2.05) is 0 Å². The van der Waals surface area contributed by atoms with Gasteiger partial charge in [-0.05, 0) is 25.2 Å². The number of aromatic nitrogens is 4. The largest absolute Gasteiger partial charge is 0.477 e. The zero-order valence-electron chi connectivity index (χ0n) is 13.2. The molecule has 124 valence electrons. The van der Waals surface area contributed by atoms with Crippen LogP contribution >= 0.6 is 11.3 Å². The van der Waals surface area contributed by atoms with Crippen LogP contribution in [0.3, 0.4) is 0 Å². The first-order chi connectivity index (χ1) is 11.6. The van der Waals surface area contributed by atoms with Crippen LogP contribution in [0.15, 0.2) is 18.5 Å². The highest BCUT2D eigenvalue weighted by Crippen LogP contribution is 2.30. The monoisotopic (exact) mass is 343 g/mol. The van der Waals surface area contributed by atoms with Crippen LogP contribution in [0.2, 0.25) is 0 Å². The van der Waals surface area contributed by atoms with Crippen LogP contribution in [-0.2, 0) is 19.4 Å². The number of imidazole rings is 1. The zero-order chi connectivity index (χ0) is 16.7. The average Bonchev–Trinajstić information content (AvgIpc) is 3.17. The number of rotatable bonds is 4. The van der Waals surface area contributed by atoms with Crippen molar-refractivity contribution in [1.29, 1.82) is 0 Å². The fourth-order valence-electron chi connectivity index (χ4n) is 2.98. The quantitative estimate of drug-likeness (QED) is 0.756. The molecule has 4 rings (SSSR count). The van der Waals surface area contributed by atoms with Gasteiger partial charge in [-0.2, -0.15) is 0 Å². The first kappa shape index (κ1) is 15.1. The summed E-state index contributed by atoms with van der Waals surface area (Å²) in [5.74, 6) is 0.115. The van der Waals surface area contributed by atoms with Crippen molar-refractivity contribution in [2.24, 2.45) is 5.92 Å². The molecule has 0 aliphatic heterocycles. The number of hydrogen-bond acceptors (Lipinski definition) is 6. The Morgan fingerprint density at radius 3 is 3.21 bits per heavy atom. The van der Waals surface area contributed by atoms with Gasteiger partial charge in [-0.15, -0.1) is 11.3 Å². The SMILES string of the molecule is CC1CCc2nc(CNc3nc(C(=O)O)cc4nccn34)sc2C1. The summed E-state index contributed by atoms with van der Waals surface area (Å²) in [4.78, 5) is 25.6. The lowest BCUT2D eigenvalue weighted by molar-refractivity contribution is 0.0690. The van der Waals surface area contributed by atoms with Gasteiger partial charge in [0.05, 0.1) is 12.2 Å². The number of fused-ring (bicyclic) bond motifs is 2. The minimum absolute atomic E-state index is 0.0246. The molecule has 2 N–H and O–H groups in total. The Labute approximate surface area is 142 Å². The van der Waals surface area contributed by atoms with Crippen molar-refractivity contribution >= 4 is 28.9 Å². The third kappa shape index (κ3) is 2.73. The maximum Gasteiger partial charge on any atom is 0.354 e. The molecular weight excluding hydrogens is 326 g/mol. The summed E-state index contributed by atoms with van der Waals surface area (Å²) in [5, 5.41) is 13.4. The number of hydrogen-bond donors (Lipinski definition) is 2. The smallest absolute Gasteiger partial charge is 0.354 e. The second-order valence-corrected chi connectivity index (χ2v) is 7.27. The summed E-state index contributed by atoms with van der Waals surface area (Å²) in [6.07, 6.45) is 6.72. The minimum Gasteiger partial charge on any atom is -0.477 e. The number of thiazole rings is 1. The van der Waals surface area contributed by atoms with Crippen LogP contribution in [0.1, 0.15) is 39.4 Å². The predicted molar refractivity (Wildman–Crippen MR) is 90.6 cm³/mol. The van der Waals surface area contributed by atoms with E-state index in [2.05, 4.69) is 22.2 Å². The Hall–Kier alpha value is -2.48. The van der Waals surface area contributed by atoms with Crippen molar-refractivity contribution in [3.8, 4) is 0 Å². The third-order valence-corrected chi connectivity index (χ3v) is 5.36. The Balaban J connectivity index is 1.59. The summed E-state index contributed by atoms with van der Waals surface area (Å²) in [6.45, 7) is 2.80. The van der Waals surface area contributed by atoms with Crippen molar-refractivity contribution in [3.05, 3.63) is 39.7 Å². The van der Waals surface area contributed by atoms with Crippen LogP contribution in [0.25, 0.3) is 5.65 Å². The van der Waals surface area contributed by atoms with E-state index >= 15 is 0 Å². The topological polar surface area (TPSA) is 92.4 Å². The molecule has 0 aromatic carbocycles. The molecule has 1 atom stereocenters. The van der Waals surface area contributed by atoms with Gasteiger partial charge in [-0.3, -0.25) is 4.40 Å². The molecular formula is C16H17N5O2S. The number of anilines is 1. The van der Waals surface area contributed by atoms with Crippen LogP contribution < -0.4 is 5.32 Å². The molecule has 1 aliphatic carbocycles. The fourth-order valence-corrected chi connectivity index (χ4v) is 4.20. The standard InChI is InChI=1S/C16H17N5O2S/c1-9-2-3-10-12(6-9)24-14(19-10)8-18-16-20-11(15(22)23)7-13-17-4-5-21(13)16/h4-5,7,9H,2-3,6,8H2,1H3,(H,18,20)(H,22,23). The molecule has 0 bridgehead atoms. The van der Waals surface area contributed by atoms with Crippen LogP contribution in [-0.4, -0.2) is 30.4 Å². The Kier molecular flexibility index (Phi) is 3.68. The molecule has 3 heterocycles. The molecule has 0 radical (unpaired) electrons. The molecule has 3 aromatic rings. The van der Waals surface area contributed by atoms with Crippen LogP contribution in [0.5, 0.6) is 0 Å². The second-order valence-electron chi connectivity index (χ2n) is 6.10. The Morgan fingerprint density at radius 2 is 2.38 bits per heavy atom. The van der Waals surface area contributed by atoms with Crippen molar-refractivity contribution in [3.63, 3.8) is 0 Å². The molecule has 0 fully saturated rings. The van der Waals surface area contributed by atoms with E-state index in [-0.39, 0.29) is 5.69 Å². The van der Waals surface area contributed by atoms with E-state index in [4.69, 9.17) is 4.98 Å². The summed E-state index contributed by atoms with van der Waals surface area (Å²) >= 11 is 1.73. The minimum atomic E-state index is -1.07.